The summed E-state index contributed by atoms with van der Waals surface area (Å²) in [4.78, 5) is 0. The zero-order valence-corrected chi connectivity index (χ0v) is 11.0. The van der Waals surface area contributed by atoms with Gasteiger partial charge in [-0.1, -0.05) is 29.8 Å². The van der Waals surface area contributed by atoms with E-state index in [1.807, 2.05) is 24.3 Å². The molecule has 1 fully saturated rings. The van der Waals surface area contributed by atoms with E-state index >= 15 is 0 Å². The molecule has 18 heavy (non-hydrogen) atoms. The smallest absolute Gasteiger partial charge is 0.248 e. The quantitative estimate of drug-likeness (QED) is 0.884. The van der Waals surface area contributed by atoms with E-state index in [1.165, 1.54) is 0 Å². The third-order valence-electron chi connectivity index (χ3n) is 3.78. The van der Waals surface area contributed by atoms with Gasteiger partial charge >= 0.3 is 0 Å². The Hall–Kier alpha value is -0.670. The number of alkyl halides is 2. The van der Waals surface area contributed by atoms with Crippen LogP contribution < -0.4 is 5.73 Å². The van der Waals surface area contributed by atoms with Crippen molar-refractivity contribution >= 4 is 11.6 Å². The lowest BCUT2D eigenvalue weighted by atomic mass is 9.80. The minimum absolute atomic E-state index is 0.0338. The van der Waals surface area contributed by atoms with Crippen LogP contribution in [0.3, 0.4) is 0 Å². The Bertz CT molecular complexity index is 399. The lowest BCUT2D eigenvalue weighted by Crippen LogP contribution is -2.37. The third-order valence-corrected chi connectivity index (χ3v) is 4.15. The fourth-order valence-electron chi connectivity index (χ4n) is 2.58. The predicted octanol–water partition coefficient (Wildman–Crippen LogP) is 4.04. The summed E-state index contributed by atoms with van der Waals surface area (Å²) in [5.41, 5.74) is 7.14. The molecule has 0 radical (unpaired) electrons. The summed E-state index contributed by atoms with van der Waals surface area (Å²) in [6, 6.07) is 7.49. The number of halogens is 3. The van der Waals surface area contributed by atoms with Crippen LogP contribution in [0.15, 0.2) is 24.3 Å². The van der Waals surface area contributed by atoms with Crippen molar-refractivity contribution in [1.29, 1.82) is 0 Å². The van der Waals surface area contributed by atoms with Crippen LogP contribution in [-0.4, -0.2) is 12.0 Å². The van der Waals surface area contributed by atoms with Crippen molar-refractivity contribution in [3.8, 4) is 0 Å². The predicted molar refractivity (Wildman–Crippen MR) is 70.0 cm³/mol. The average Bonchev–Trinajstić information content (AvgIpc) is 2.32. The molecule has 0 aliphatic heterocycles. The number of nitrogens with two attached hydrogens (primary N) is 1. The highest BCUT2D eigenvalue weighted by Crippen LogP contribution is 2.37. The van der Waals surface area contributed by atoms with E-state index in [4.69, 9.17) is 17.3 Å². The molecule has 1 saturated carbocycles. The molecule has 0 amide bonds. The molecule has 4 heteroatoms. The van der Waals surface area contributed by atoms with E-state index in [2.05, 4.69) is 0 Å². The second kappa shape index (κ2) is 5.54. The van der Waals surface area contributed by atoms with Crippen molar-refractivity contribution < 1.29 is 8.78 Å². The van der Waals surface area contributed by atoms with Crippen LogP contribution in [0, 0.1) is 5.92 Å². The lowest BCUT2D eigenvalue weighted by Gasteiger charge is -2.32. The lowest BCUT2D eigenvalue weighted by molar-refractivity contribution is -0.0481. The SMILES string of the molecule is NC(Cc1ccccc1Cl)C1CCC(F)(F)CC1. The standard InChI is InChI=1S/C14H18ClF2N/c15-12-4-2-1-3-11(12)9-13(18)10-5-7-14(16,17)8-6-10/h1-4,10,13H,5-9,18H2. The van der Waals surface area contributed by atoms with Gasteiger partial charge in [-0.15, -0.1) is 0 Å². The minimum atomic E-state index is -2.49. The monoisotopic (exact) mass is 273 g/mol. The minimum Gasteiger partial charge on any atom is -0.327 e. The van der Waals surface area contributed by atoms with Crippen LogP contribution in [0.25, 0.3) is 0 Å². The van der Waals surface area contributed by atoms with E-state index in [0.29, 0.717) is 24.3 Å². The molecule has 1 aromatic carbocycles. The summed E-state index contributed by atoms with van der Waals surface area (Å²) in [5.74, 6) is -2.30. The molecule has 1 atom stereocenters. The van der Waals surface area contributed by atoms with Gasteiger partial charge in [0.2, 0.25) is 5.92 Å². The van der Waals surface area contributed by atoms with Crippen LogP contribution in [0.5, 0.6) is 0 Å². The van der Waals surface area contributed by atoms with Crippen LogP contribution in [0.2, 0.25) is 5.02 Å². The molecule has 2 rings (SSSR count). The molecule has 0 bridgehead atoms. The highest BCUT2D eigenvalue weighted by molar-refractivity contribution is 6.31. The molecule has 0 heterocycles. The normalized spacial score (nSPS) is 21.8. The summed E-state index contributed by atoms with van der Waals surface area (Å²) in [7, 11) is 0. The zero-order chi connectivity index (χ0) is 13.2. The summed E-state index contributed by atoms with van der Waals surface area (Å²) in [6.07, 6.45) is 1.62. The van der Waals surface area contributed by atoms with Crippen molar-refractivity contribution in [2.75, 3.05) is 0 Å². The van der Waals surface area contributed by atoms with Gasteiger partial charge in [-0.2, -0.15) is 0 Å². The number of rotatable bonds is 3. The Morgan fingerprint density at radius 1 is 1.28 bits per heavy atom. The molecule has 0 aromatic heterocycles. The highest BCUT2D eigenvalue weighted by Gasteiger charge is 2.36. The first-order valence-electron chi connectivity index (χ1n) is 6.35. The zero-order valence-electron chi connectivity index (χ0n) is 10.2. The molecule has 0 saturated heterocycles. The highest BCUT2D eigenvalue weighted by atomic mass is 35.5. The summed E-state index contributed by atoms with van der Waals surface area (Å²) < 4.78 is 26.1. The van der Waals surface area contributed by atoms with Gasteiger partial charge in [-0.25, -0.2) is 8.78 Å². The van der Waals surface area contributed by atoms with Crippen LogP contribution >= 0.6 is 11.6 Å². The first kappa shape index (κ1) is 13.8. The number of hydrogen-bond acceptors (Lipinski definition) is 1. The fourth-order valence-corrected chi connectivity index (χ4v) is 2.79. The van der Waals surface area contributed by atoms with E-state index in [1.54, 1.807) is 0 Å². The maximum Gasteiger partial charge on any atom is 0.248 e. The second-order valence-electron chi connectivity index (χ2n) is 5.15. The maximum atomic E-state index is 13.1. The van der Waals surface area contributed by atoms with Gasteiger partial charge in [0.25, 0.3) is 0 Å². The Labute approximate surface area is 111 Å². The van der Waals surface area contributed by atoms with Crippen LogP contribution in [0.1, 0.15) is 31.2 Å². The maximum absolute atomic E-state index is 13.1. The number of benzene rings is 1. The van der Waals surface area contributed by atoms with E-state index in [0.717, 1.165) is 5.56 Å². The van der Waals surface area contributed by atoms with Crippen molar-refractivity contribution in [2.24, 2.45) is 11.7 Å². The molecule has 1 aliphatic rings. The Kier molecular flexibility index (Phi) is 4.23. The second-order valence-corrected chi connectivity index (χ2v) is 5.56. The Balaban J connectivity index is 1.93. The summed E-state index contributed by atoms with van der Waals surface area (Å²) in [5, 5.41) is 0.703. The van der Waals surface area contributed by atoms with Crippen LogP contribution in [-0.2, 0) is 6.42 Å². The van der Waals surface area contributed by atoms with Crippen LogP contribution in [0.4, 0.5) is 8.78 Å². The van der Waals surface area contributed by atoms with Gasteiger partial charge < -0.3 is 5.73 Å². The van der Waals surface area contributed by atoms with Crippen molar-refractivity contribution in [3.05, 3.63) is 34.9 Å². The largest absolute Gasteiger partial charge is 0.327 e. The van der Waals surface area contributed by atoms with E-state index in [-0.39, 0.29) is 24.8 Å². The molecular weight excluding hydrogens is 256 g/mol. The molecule has 1 nitrogen and oxygen atoms in total. The van der Waals surface area contributed by atoms with Crippen molar-refractivity contribution in [3.63, 3.8) is 0 Å². The molecule has 1 unspecified atom stereocenters. The first-order valence-corrected chi connectivity index (χ1v) is 6.72. The topological polar surface area (TPSA) is 26.0 Å². The fraction of sp³-hybridized carbons (Fsp3) is 0.571. The van der Waals surface area contributed by atoms with Crippen molar-refractivity contribution in [1.82, 2.24) is 0 Å². The van der Waals surface area contributed by atoms with E-state index in [9.17, 15) is 8.78 Å². The average molecular weight is 274 g/mol. The van der Waals surface area contributed by atoms with Gasteiger partial charge in [0, 0.05) is 23.9 Å². The molecular formula is C14H18ClF2N. The van der Waals surface area contributed by atoms with Gasteiger partial charge in [-0.3, -0.25) is 0 Å². The van der Waals surface area contributed by atoms with Gasteiger partial charge in [0.05, 0.1) is 0 Å². The van der Waals surface area contributed by atoms with Crippen molar-refractivity contribution in [2.45, 2.75) is 44.1 Å². The van der Waals surface area contributed by atoms with Gasteiger partial charge in [0.15, 0.2) is 0 Å². The van der Waals surface area contributed by atoms with E-state index < -0.39 is 5.92 Å². The first-order chi connectivity index (χ1) is 8.48. The molecule has 1 aromatic rings. The molecule has 1 aliphatic carbocycles. The van der Waals surface area contributed by atoms with Gasteiger partial charge in [0.1, 0.15) is 0 Å². The van der Waals surface area contributed by atoms with Gasteiger partial charge in [-0.05, 0) is 36.8 Å². The molecule has 0 spiro atoms. The Morgan fingerprint density at radius 3 is 2.50 bits per heavy atom. The summed E-state index contributed by atoms with van der Waals surface area (Å²) >= 11 is 6.08. The Morgan fingerprint density at radius 2 is 1.89 bits per heavy atom. The molecule has 2 N–H and O–H groups in total. The molecule has 100 valence electrons. The summed E-state index contributed by atoms with van der Waals surface area (Å²) in [6.45, 7) is 0. The number of hydrogen-bond donors (Lipinski definition) is 1. The third kappa shape index (κ3) is 3.42.